The molecular weight excluding hydrogens is 284 g/mol. The Balaban J connectivity index is 2.05. The molecular formula is C16H26N2O2S. The van der Waals surface area contributed by atoms with Crippen molar-refractivity contribution in [3.8, 4) is 0 Å². The minimum Gasteiger partial charge on any atom is -0.390 e. The maximum atomic E-state index is 12.6. The second-order valence-electron chi connectivity index (χ2n) is 5.60. The summed E-state index contributed by atoms with van der Waals surface area (Å²) in [6.45, 7) is 6.83. The fourth-order valence-electron chi connectivity index (χ4n) is 2.73. The van der Waals surface area contributed by atoms with Crippen LogP contribution < -0.4 is 5.73 Å². The van der Waals surface area contributed by atoms with Crippen LogP contribution in [0.5, 0.6) is 0 Å². The zero-order chi connectivity index (χ0) is 15.2. The lowest BCUT2D eigenvalue weighted by molar-refractivity contribution is 0.0303. The van der Waals surface area contributed by atoms with E-state index in [4.69, 9.17) is 10.5 Å². The molecule has 1 amide bonds. The van der Waals surface area contributed by atoms with Crippen LogP contribution in [0.15, 0.2) is 0 Å². The molecule has 1 aliphatic heterocycles. The van der Waals surface area contributed by atoms with Gasteiger partial charge in [0.15, 0.2) is 0 Å². The van der Waals surface area contributed by atoms with E-state index in [1.165, 1.54) is 30.6 Å². The number of nitrogens with two attached hydrogens (primary N) is 1. The summed E-state index contributed by atoms with van der Waals surface area (Å²) in [5.74, 6) is 0.0735. The number of aryl methyl sites for hydroxylation is 1. The highest BCUT2D eigenvalue weighted by Crippen LogP contribution is 2.32. The van der Waals surface area contributed by atoms with E-state index in [1.807, 2.05) is 11.8 Å². The summed E-state index contributed by atoms with van der Waals surface area (Å²) < 4.78 is 5.30. The third-order valence-electron chi connectivity index (χ3n) is 4.04. The van der Waals surface area contributed by atoms with Gasteiger partial charge in [0.25, 0.3) is 5.91 Å². The number of rotatable bonds is 6. The molecule has 0 bridgehead atoms. The van der Waals surface area contributed by atoms with Gasteiger partial charge in [-0.05, 0) is 25.3 Å². The van der Waals surface area contributed by atoms with Crippen LogP contribution in [0.1, 0.15) is 53.4 Å². The van der Waals surface area contributed by atoms with Crippen LogP contribution in [0.4, 0.5) is 5.00 Å². The summed E-state index contributed by atoms with van der Waals surface area (Å²) in [6, 6.07) is 0. The SMILES string of the molecule is CCCCCCc1sc(N)c(C(=O)N2CCOCC2)c1C. The van der Waals surface area contributed by atoms with Crippen LogP contribution in [0, 0.1) is 6.92 Å². The number of ether oxygens (including phenoxy) is 1. The number of morpholine rings is 1. The van der Waals surface area contributed by atoms with E-state index in [1.54, 1.807) is 11.3 Å². The minimum absolute atomic E-state index is 0.0735. The van der Waals surface area contributed by atoms with Crippen molar-refractivity contribution in [1.29, 1.82) is 0 Å². The second-order valence-corrected chi connectivity index (χ2v) is 6.74. The molecule has 2 rings (SSSR count). The van der Waals surface area contributed by atoms with E-state index < -0.39 is 0 Å². The lowest BCUT2D eigenvalue weighted by atomic mass is 10.1. The molecule has 21 heavy (non-hydrogen) atoms. The van der Waals surface area contributed by atoms with Gasteiger partial charge in [0.05, 0.1) is 23.8 Å². The lowest BCUT2D eigenvalue weighted by Crippen LogP contribution is -2.41. The van der Waals surface area contributed by atoms with E-state index in [0.717, 1.165) is 17.5 Å². The summed E-state index contributed by atoms with van der Waals surface area (Å²) >= 11 is 1.59. The minimum atomic E-state index is 0.0735. The Morgan fingerprint density at radius 2 is 2.00 bits per heavy atom. The zero-order valence-corrected chi connectivity index (χ0v) is 13.9. The highest BCUT2D eigenvalue weighted by molar-refractivity contribution is 7.16. The number of amides is 1. The van der Waals surface area contributed by atoms with Crippen LogP contribution in [0.25, 0.3) is 0 Å². The Labute approximate surface area is 131 Å². The first kappa shape index (κ1) is 16.3. The topological polar surface area (TPSA) is 55.6 Å². The Morgan fingerprint density at radius 3 is 2.67 bits per heavy atom. The molecule has 0 aromatic carbocycles. The van der Waals surface area contributed by atoms with Gasteiger partial charge in [-0.15, -0.1) is 11.3 Å². The molecule has 1 aliphatic rings. The zero-order valence-electron chi connectivity index (χ0n) is 13.1. The number of thiophene rings is 1. The van der Waals surface area contributed by atoms with Gasteiger partial charge in [-0.1, -0.05) is 26.2 Å². The largest absolute Gasteiger partial charge is 0.390 e. The van der Waals surface area contributed by atoms with Crippen LogP contribution in [-0.4, -0.2) is 37.1 Å². The predicted octanol–water partition coefficient (Wildman–Crippen LogP) is 3.23. The second kappa shape index (κ2) is 7.80. The molecule has 2 N–H and O–H groups in total. The van der Waals surface area contributed by atoms with Gasteiger partial charge in [0, 0.05) is 18.0 Å². The molecule has 1 fully saturated rings. The van der Waals surface area contributed by atoms with Crippen molar-refractivity contribution in [3.63, 3.8) is 0 Å². The van der Waals surface area contributed by atoms with Crippen molar-refractivity contribution in [2.24, 2.45) is 0 Å². The highest BCUT2D eigenvalue weighted by Gasteiger charge is 2.25. The van der Waals surface area contributed by atoms with E-state index in [9.17, 15) is 4.79 Å². The number of carbonyl (C=O) groups is 1. The Morgan fingerprint density at radius 1 is 1.29 bits per heavy atom. The maximum Gasteiger partial charge on any atom is 0.257 e. The number of nitrogens with zero attached hydrogens (tertiary/aromatic N) is 1. The van der Waals surface area contributed by atoms with Gasteiger partial charge in [0.2, 0.25) is 0 Å². The number of carbonyl (C=O) groups excluding carboxylic acids is 1. The first-order valence-corrected chi connectivity index (χ1v) is 8.71. The van der Waals surface area contributed by atoms with E-state index >= 15 is 0 Å². The maximum absolute atomic E-state index is 12.6. The van der Waals surface area contributed by atoms with Gasteiger partial charge < -0.3 is 15.4 Å². The van der Waals surface area contributed by atoms with Crippen molar-refractivity contribution in [3.05, 3.63) is 16.0 Å². The third kappa shape index (κ3) is 3.98. The van der Waals surface area contributed by atoms with Crippen molar-refractivity contribution in [2.75, 3.05) is 32.0 Å². The Hall–Kier alpha value is -1.07. The average Bonchev–Trinajstić information content (AvgIpc) is 2.78. The van der Waals surface area contributed by atoms with Crippen molar-refractivity contribution in [2.45, 2.75) is 46.0 Å². The van der Waals surface area contributed by atoms with Gasteiger partial charge >= 0.3 is 0 Å². The molecule has 0 spiro atoms. The molecule has 5 heteroatoms. The first-order valence-electron chi connectivity index (χ1n) is 7.90. The number of hydrogen-bond donors (Lipinski definition) is 1. The molecule has 4 nitrogen and oxygen atoms in total. The van der Waals surface area contributed by atoms with E-state index in [-0.39, 0.29) is 5.91 Å². The average molecular weight is 310 g/mol. The number of nitrogen functional groups attached to an aromatic ring is 1. The molecule has 0 unspecified atom stereocenters. The van der Waals surface area contributed by atoms with Crippen molar-refractivity contribution >= 4 is 22.2 Å². The van der Waals surface area contributed by atoms with Gasteiger partial charge in [0.1, 0.15) is 0 Å². The van der Waals surface area contributed by atoms with E-state index in [0.29, 0.717) is 31.3 Å². The number of hydrogen-bond acceptors (Lipinski definition) is 4. The van der Waals surface area contributed by atoms with Gasteiger partial charge in [-0.3, -0.25) is 4.79 Å². The van der Waals surface area contributed by atoms with Crippen molar-refractivity contribution < 1.29 is 9.53 Å². The molecule has 0 radical (unpaired) electrons. The Bertz CT molecular complexity index is 479. The molecule has 0 atom stereocenters. The molecule has 118 valence electrons. The van der Waals surface area contributed by atoms with Crippen LogP contribution in [0.3, 0.4) is 0 Å². The fraction of sp³-hybridized carbons (Fsp3) is 0.688. The molecule has 1 aromatic heterocycles. The molecule has 2 heterocycles. The number of anilines is 1. The summed E-state index contributed by atoms with van der Waals surface area (Å²) in [5.41, 5.74) is 7.94. The summed E-state index contributed by atoms with van der Waals surface area (Å²) in [5, 5.41) is 0.675. The highest BCUT2D eigenvalue weighted by atomic mass is 32.1. The van der Waals surface area contributed by atoms with Gasteiger partial charge in [-0.2, -0.15) is 0 Å². The summed E-state index contributed by atoms with van der Waals surface area (Å²) in [4.78, 5) is 15.8. The van der Waals surface area contributed by atoms with Crippen LogP contribution in [-0.2, 0) is 11.2 Å². The van der Waals surface area contributed by atoms with E-state index in [2.05, 4.69) is 6.92 Å². The molecule has 0 saturated carbocycles. The fourth-order valence-corrected chi connectivity index (χ4v) is 3.84. The number of unbranched alkanes of at least 4 members (excludes halogenated alkanes) is 3. The predicted molar refractivity (Wildman–Crippen MR) is 88.0 cm³/mol. The summed E-state index contributed by atoms with van der Waals surface area (Å²) in [6.07, 6.45) is 5.99. The standard InChI is InChI=1S/C16H26N2O2S/c1-3-4-5-6-7-13-12(2)14(15(17)21-13)16(19)18-8-10-20-11-9-18/h3-11,17H2,1-2H3. The van der Waals surface area contributed by atoms with Crippen LogP contribution in [0.2, 0.25) is 0 Å². The van der Waals surface area contributed by atoms with Gasteiger partial charge in [-0.25, -0.2) is 0 Å². The first-order chi connectivity index (χ1) is 10.1. The third-order valence-corrected chi connectivity index (χ3v) is 5.22. The monoisotopic (exact) mass is 310 g/mol. The lowest BCUT2D eigenvalue weighted by Gasteiger charge is -2.27. The molecule has 0 aliphatic carbocycles. The molecule has 1 aromatic rings. The summed E-state index contributed by atoms with van der Waals surface area (Å²) in [7, 11) is 0. The quantitative estimate of drug-likeness (QED) is 0.821. The molecule has 1 saturated heterocycles. The smallest absolute Gasteiger partial charge is 0.257 e. The normalized spacial score (nSPS) is 15.4. The Kier molecular flexibility index (Phi) is 6.06. The van der Waals surface area contributed by atoms with Crippen molar-refractivity contribution in [1.82, 2.24) is 4.90 Å². The van der Waals surface area contributed by atoms with Crippen LogP contribution >= 0.6 is 11.3 Å².